The molecule has 104 valence electrons. The first kappa shape index (κ1) is 13.9. The molecular formula is C15H28N2O. The van der Waals surface area contributed by atoms with E-state index in [4.69, 9.17) is 0 Å². The molecule has 3 nitrogen and oxygen atoms in total. The van der Waals surface area contributed by atoms with Gasteiger partial charge in [0.05, 0.1) is 0 Å². The van der Waals surface area contributed by atoms with E-state index >= 15 is 0 Å². The maximum absolute atomic E-state index is 12.5. The maximum atomic E-state index is 12.5. The predicted molar refractivity (Wildman–Crippen MR) is 74.4 cm³/mol. The predicted octanol–water partition coefficient (Wildman–Crippen LogP) is 2.41. The summed E-state index contributed by atoms with van der Waals surface area (Å²) in [6, 6.07) is 0.506. The van der Waals surface area contributed by atoms with Gasteiger partial charge < -0.3 is 10.2 Å². The molecule has 2 atom stereocenters. The Morgan fingerprint density at radius 3 is 2.61 bits per heavy atom. The molecule has 18 heavy (non-hydrogen) atoms. The van der Waals surface area contributed by atoms with Gasteiger partial charge in [-0.1, -0.05) is 33.1 Å². The van der Waals surface area contributed by atoms with Crippen molar-refractivity contribution in [2.24, 2.45) is 11.8 Å². The van der Waals surface area contributed by atoms with Crippen LogP contribution in [0.15, 0.2) is 0 Å². The van der Waals surface area contributed by atoms with Gasteiger partial charge in [-0.25, -0.2) is 0 Å². The van der Waals surface area contributed by atoms with E-state index in [1.54, 1.807) is 0 Å². The Morgan fingerprint density at radius 1 is 1.22 bits per heavy atom. The van der Waals surface area contributed by atoms with E-state index in [9.17, 15) is 4.79 Å². The van der Waals surface area contributed by atoms with Gasteiger partial charge in [0, 0.05) is 25.0 Å². The fourth-order valence-corrected chi connectivity index (χ4v) is 3.58. The quantitative estimate of drug-likeness (QED) is 0.836. The zero-order valence-corrected chi connectivity index (χ0v) is 12.0. The van der Waals surface area contributed by atoms with E-state index in [1.165, 1.54) is 25.7 Å². The van der Waals surface area contributed by atoms with Crippen LogP contribution in [0.25, 0.3) is 0 Å². The van der Waals surface area contributed by atoms with Gasteiger partial charge in [-0.15, -0.1) is 0 Å². The summed E-state index contributed by atoms with van der Waals surface area (Å²) in [7, 11) is 0. The van der Waals surface area contributed by atoms with Crippen molar-refractivity contribution in [1.29, 1.82) is 0 Å². The molecule has 2 rings (SSSR count). The molecule has 1 saturated carbocycles. The molecule has 0 radical (unpaired) electrons. The van der Waals surface area contributed by atoms with Crippen molar-refractivity contribution in [3.05, 3.63) is 0 Å². The molecule has 1 aliphatic carbocycles. The Labute approximate surface area is 111 Å². The fourth-order valence-electron chi connectivity index (χ4n) is 3.58. The molecule has 1 heterocycles. The number of hydrogen-bond acceptors (Lipinski definition) is 2. The number of carbonyl (C=O) groups is 1. The second kappa shape index (κ2) is 6.55. The van der Waals surface area contributed by atoms with Gasteiger partial charge in [-0.3, -0.25) is 4.79 Å². The summed E-state index contributed by atoms with van der Waals surface area (Å²) in [4.78, 5) is 14.7. The van der Waals surface area contributed by atoms with Crippen molar-refractivity contribution >= 4 is 5.91 Å². The first-order valence-electron chi connectivity index (χ1n) is 7.73. The molecule has 2 fully saturated rings. The highest BCUT2D eigenvalue weighted by Crippen LogP contribution is 2.27. The van der Waals surface area contributed by atoms with Crippen LogP contribution in [0.4, 0.5) is 0 Å². The number of likely N-dealkylation sites (N-methyl/N-ethyl adjacent to an activating group) is 1. The average Bonchev–Trinajstić information content (AvgIpc) is 2.38. The monoisotopic (exact) mass is 252 g/mol. The zero-order chi connectivity index (χ0) is 13.0. The van der Waals surface area contributed by atoms with Crippen molar-refractivity contribution in [1.82, 2.24) is 10.2 Å². The second-order valence-corrected chi connectivity index (χ2v) is 6.17. The highest BCUT2D eigenvalue weighted by molar-refractivity contribution is 5.79. The Hall–Kier alpha value is -0.570. The van der Waals surface area contributed by atoms with Crippen molar-refractivity contribution < 1.29 is 4.79 Å². The van der Waals surface area contributed by atoms with Gasteiger partial charge in [-0.2, -0.15) is 0 Å². The highest BCUT2D eigenvalue weighted by Gasteiger charge is 2.31. The molecule has 1 N–H and O–H groups in total. The lowest BCUT2D eigenvalue weighted by atomic mass is 9.87. The Morgan fingerprint density at radius 2 is 1.94 bits per heavy atom. The summed E-state index contributed by atoms with van der Waals surface area (Å²) >= 11 is 0. The lowest BCUT2D eigenvalue weighted by Crippen LogP contribution is -2.52. The van der Waals surface area contributed by atoms with E-state index in [1.807, 2.05) is 0 Å². The van der Waals surface area contributed by atoms with Crippen LogP contribution in [-0.4, -0.2) is 36.5 Å². The SMILES string of the molecule is CCNC1CC(C)CN(C(=O)C2CCCCC2)C1. The van der Waals surface area contributed by atoms with E-state index < -0.39 is 0 Å². The van der Waals surface area contributed by atoms with Crippen LogP contribution in [0.5, 0.6) is 0 Å². The minimum atomic E-state index is 0.325. The van der Waals surface area contributed by atoms with Gasteiger partial charge in [0.25, 0.3) is 0 Å². The van der Waals surface area contributed by atoms with Crippen molar-refractivity contribution in [2.75, 3.05) is 19.6 Å². The normalized spacial score (nSPS) is 30.4. The number of piperidine rings is 1. The smallest absolute Gasteiger partial charge is 0.225 e. The summed E-state index contributed by atoms with van der Waals surface area (Å²) in [6.45, 7) is 7.31. The molecule has 3 heteroatoms. The Balaban J connectivity index is 1.91. The summed E-state index contributed by atoms with van der Waals surface area (Å²) in [5.74, 6) is 1.39. The summed E-state index contributed by atoms with van der Waals surface area (Å²) in [5, 5.41) is 3.51. The van der Waals surface area contributed by atoms with Crippen LogP contribution in [0.2, 0.25) is 0 Å². The third-order valence-electron chi connectivity index (χ3n) is 4.42. The van der Waals surface area contributed by atoms with Crippen LogP contribution in [-0.2, 0) is 4.79 Å². The summed E-state index contributed by atoms with van der Waals surface area (Å²) in [6.07, 6.45) is 7.26. The third kappa shape index (κ3) is 3.47. The van der Waals surface area contributed by atoms with Crippen molar-refractivity contribution in [2.45, 2.75) is 58.4 Å². The fraction of sp³-hybridized carbons (Fsp3) is 0.933. The molecule has 0 bridgehead atoms. The third-order valence-corrected chi connectivity index (χ3v) is 4.42. The lowest BCUT2D eigenvalue weighted by molar-refractivity contribution is -0.138. The van der Waals surface area contributed by atoms with E-state index in [0.717, 1.165) is 32.5 Å². The van der Waals surface area contributed by atoms with E-state index in [2.05, 4.69) is 24.1 Å². The Kier molecular flexibility index (Phi) is 5.04. The van der Waals surface area contributed by atoms with E-state index in [0.29, 0.717) is 23.8 Å². The first-order valence-corrected chi connectivity index (χ1v) is 7.73. The minimum absolute atomic E-state index is 0.325. The van der Waals surface area contributed by atoms with Gasteiger partial charge in [-0.05, 0) is 31.7 Å². The lowest BCUT2D eigenvalue weighted by Gasteiger charge is -2.39. The van der Waals surface area contributed by atoms with E-state index in [-0.39, 0.29) is 0 Å². The molecular weight excluding hydrogens is 224 g/mol. The van der Waals surface area contributed by atoms with Crippen molar-refractivity contribution in [3.63, 3.8) is 0 Å². The largest absolute Gasteiger partial charge is 0.341 e. The first-order chi connectivity index (χ1) is 8.70. The molecule has 0 aromatic rings. The number of hydrogen-bond donors (Lipinski definition) is 1. The van der Waals surface area contributed by atoms with Crippen LogP contribution >= 0.6 is 0 Å². The number of nitrogens with zero attached hydrogens (tertiary/aromatic N) is 1. The summed E-state index contributed by atoms with van der Waals surface area (Å²) in [5.41, 5.74) is 0. The topological polar surface area (TPSA) is 32.3 Å². The summed E-state index contributed by atoms with van der Waals surface area (Å²) < 4.78 is 0. The number of likely N-dealkylation sites (tertiary alicyclic amines) is 1. The molecule has 0 spiro atoms. The standard InChI is InChI=1S/C15H28N2O/c1-3-16-14-9-12(2)10-17(11-14)15(18)13-7-5-4-6-8-13/h12-14,16H,3-11H2,1-2H3. The highest BCUT2D eigenvalue weighted by atomic mass is 16.2. The number of rotatable bonds is 3. The molecule has 2 unspecified atom stereocenters. The van der Waals surface area contributed by atoms with Gasteiger partial charge >= 0.3 is 0 Å². The number of carbonyl (C=O) groups excluding carboxylic acids is 1. The second-order valence-electron chi connectivity index (χ2n) is 6.17. The molecule has 2 aliphatic rings. The molecule has 1 amide bonds. The minimum Gasteiger partial charge on any atom is -0.341 e. The Bertz CT molecular complexity index is 274. The molecule has 0 aromatic heterocycles. The zero-order valence-electron chi connectivity index (χ0n) is 12.0. The van der Waals surface area contributed by atoms with Crippen LogP contribution in [0.3, 0.4) is 0 Å². The van der Waals surface area contributed by atoms with Gasteiger partial charge in [0.2, 0.25) is 5.91 Å². The van der Waals surface area contributed by atoms with Crippen LogP contribution in [0, 0.1) is 11.8 Å². The average molecular weight is 252 g/mol. The van der Waals surface area contributed by atoms with Gasteiger partial charge in [0.15, 0.2) is 0 Å². The molecule has 1 aliphatic heterocycles. The molecule has 1 saturated heterocycles. The number of nitrogens with one attached hydrogen (secondary N) is 1. The van der Waals surface area contributed by atoms with Crippen LogP contribution in [0.1, 0.15) is 52.4 Å². The maximum Gasteiger partial charge on any atom is 0.225 e. The van der Waals surface area contributed by atoms with Crippen molar-refractivity contribution in [3.8, 4) is 0 Å². The van der Waals surface area contributed by atoms with Crippen LogP contribution < -0.4 is 5.32 Å². The number of amides is 1. The molecule has 0 aromatic carbocycles. The van der Waals surface area contributed by atoms with Gasteiger partial charge in [0.1, 0.15) is 0 Å².